The normalized spacial score (nSPS) is 16.9. The van der Waals surface area contributed by atoms with Crippen LogP contribution < -0.4 is 4.72 Å². The number of amidine groups is 1. The summed E-state index contributed by atoms with van der Waals surface area (Å²) in [5.41, 5.74) is 2.64. The molecule has 0 radical (unpaired) electrons. The molecular formula is C20H20N2O5S. The second-order valence-corrected chi connectivity index (χ2v) is 8.26. The van der Waals surface area contributed by atoms with Gasteiger partial charge in [-0.3, -0.25) is 14.5 Å². The zero-order valence-corrected chi connectivity index (χ0v) is 16.5. The van der Waals surface area contributed by atoms with Crippen molar-refractivity contribution in [3.8, 4) is 0 Å². The van der Waals surface area contributed by atoms with Crippen LogP contribution in [-0.2, 0) is 19.6 Å². The SMILES string of the molecule is Cc1ccc(C)c(C(=O)COC(=O)[C@H](C)N=C2NS(=O)(=O)c3ccccc32)c1. The Hall–Kier alpha value is -3.00. The summed E-state index contributed by atoms with van der Waals surface area (Å²) >= 11 is 0. The lowest BCUT2D eigenvalue weighted by molar-refractivity contribution is -0.143. The molecule has 0 saturated heterocycles. The number of nitrogens with zero attached hydrogens (tertiary/aromatic N) is 1. The molecule has 1 aliphatic rings. The van der Waals surface area contributed by atoms with Crippen LogP contribution in [0.1, 0.15) is 34.0 Å². The molecule has 0 bridgehead atoms. The maximum atomic E-state index is 12.3. The van der Waals surface area contributed by atoms with E-state index in [0.717, 1.165) is 11.1 Å². The Bertz CT molecular complexity index is 1090. The quantitative estimate of drug-likeness (QED) is 0.612. The van der Waals surface area contributed by atoms with Crippen LogP contribution >= 0.6 is 0 Å². The van der Waals surface area contributed by atoms with E-state index >= 15 is 0 Å². The Labute approximate surface area is 163 Å². The summed E-state index contributed by atoms with van der Waals surface area (Å²) in [6.07, 6.45) is 0. The second-order valence-electron chi connectivity index (χ2n) is 6.60. The zero-order chi connectivity index (χ0) is 20.5. The fraction of sp³-hybridized carbons (Fsp3) is 0.250. The Morgan fingerprint density at radius 2 is 1.86 bits per heavy atom. The van der Waals surface area contributed by atoms with Crippen LogP contribution in [0.5, 0.6) is 0 Å². The monoisotopic (exact) mass is 400 g/mol. The Morgan fingerprint density at radius 1 is 1.14 bits per heavy atom. The Kier molecular flexibility index (Phi) is 5.33. The van der Waals surface area contributed by atoms with Crippen molar-refractivity contribution in [2.75, 3.05) is 6.61 Å². The van der Waals surface area contributed by atoms with E-state index in [1.165, 1.54) is 13.0 Å². The molecular weight excluding hydrogens is 380 g/mol. The molecule has 1 heterocycles. The molecule has 1 atom stereocenters. The largest absolute Gasteiger partial charge is 0.456 e. The smallest absolute Gasteiger partial charge is 0.331 e. The minimum absolute atomic E-state index is 0.0842. The average Bonchev–Trinajstić information content (AvgIpc) is 2.92. The van der Waals surface area contributed by atoms with Gasteiger partial charge in [-0.25, -0.2) is 13.2 Å². The minimum Gasteiger partial charge on any atom is -0.456 e. The molecule has 3 rings (SSSR count). The molecule has 0 amide bonds. The van der Waals surface area contributed by atoms with Crippen LogP contribution in [0, 0.1) is 13.8 Å². The number of aryl methyl sites for hydroxylation is 2. The average molecular weight is 400 g/mol. The Morgan fingerprint density at radius 3 is 2.61 bits per heavy atom. The van der Waals surface area contributed by atoms with Crippen molar-refractivity contribution < 1.29 is 22.7 Å². The van der Waals surface area contributed by atoms with Crippen molar-refractivity contribution in [2.24, 2.45) is 4.99 Å². The lowest BCUT2D eigenvalue weighted by Crippen LogP contribution is -2.27. The lowest BCUT2D eigenvalue weighted by atomic mass is 10.0. The highest BCUT2D eigenvalue weighted by Crippen LogP contribution is 2.22. The van der Waals surface area contributed by atoms with E-state index in [1.807, 2.05) is 26.0 Å². The number of aliphatic imine (C=N–C) groups is 1. The third kappa shape index (κ3) is 3.96. The molecule has 1 aliphatic heterocycles. The van der Waals surface area contributed by atoms with Crippen molar-refractivity contribution in [3.05, 3.63) is 64.7 Å². The van der Waals surface area contributed by atoms with Gasteiger partial charge in [0.25, 0.3) is 10.0 Å². The number of fused-ring (bicyclic) bond motifs is 1. The van der Waals surface area contributed by atoms with E-state index in [9.17, 15) is 18.0 Å². The van der Waals surface area contributed by atoms with Crippen LogP contribution in [0.2, 0.25) is 0 Å². The molecule has 0 aliphatic carbocycles. The third-order valence-electron chi connectivity index (χ3n) is 4.37. The van der Waals surface area contributed by atoms with Gasteiger partial charge in [0.2, 0.25) is 5.78 Å². The summed E-state index contributed by atoms with van der Waals surface area (Å²) in [7, 11) is -3.68. The minimum atomic E-state index is -3.68. The molecule has 0 spiro atoms. The number of carbonyl (C=O) groups is 2. The summed E-state index contributed by atoms with van der Waals surface area (Å²) in [5.74, 6) is -0.933. The van der Waals surface area contributed by atoms with Gasteiger partial charge >= 0.3 is 5.97 Å². The summed E-state index contributed by atoms with van der Waals surface area (Å²) < 4.78 is 31.6. The molecule has 0 fully saturated rings. The van der Waals surface area contributed by atoms with Gasteiger partial charge in [-0.05, 0) is 44.5 Å². The number of hydrogen-bond acceptors (Lipinski definition) is 6. The summed E-state index contributed by atoms with van der Waals surface area (Å²) in [4.78, 5) is 28.8. The number of esters is 1. The first-order valence-electron chi connectivity index (χ1n) is 8.66. The van der Waals surface area contributed by atoms with Gasteiger partial charge in [0, 0.05) is 11.1 Å². The number of sulfonamides is 1. The van der Waals surface area contributed by atoms with E-state index in [1.54, 1.807) is 24.3 Å². The van der Waals surface area contributed by atoms with E-state index in [2.05, 4.69) is 9.71 Å². The predicted molar refractivity (Wildman–Crippen MR) is 104 cm³/mol. The first-order valence-corrected chi connectivity index (χ1v) is 10.1. The highest BCUT2D eigenvalue weighted by molar-refractivity contribution is 7.90. The molecule has 1 N–H and O–H groups in total. The maximum Gasteiger partial charge on any atom is 0.331 e. The number of benzene rings is 2. The number of Topliss-reactive ketones (excluding diaryl/α,β-unsaturated/α-hetero) is 1. The van der Waals surface area contributed by atoms with Crippen molar-refractivity contribution >= 4 is 27.6 Å². The lowest BCUT2D eigenvalue weighted by Gasteiger charge is -2.10. The van der Waals surface area contributed by atoms with Crippen molar-refractivity contribution in [1.82, 2.24) is 4.72 Å². The van der Waals surface area contributed by atoms with Gasteiger partial charge in [-0.15, -0.1) is 0 Å². The second kappa shape index (κ2) is 7.55. The van der Waals surface area contributed by atoms with Gasteiger partial charge in [0.05, 0.1) is 4.90 Å². The fourth-order valence-corrected chi connectivity index (χ4v) is 4.09. The Balaban J connectivity index is 1.70. The number of rotatable bonds is 5. The molecule has 0 saturated carbocycles. The van der Waals surface area contributed by atoms with E-state index in [4.69, 9.17) is 4.74 Å². The molecule has 2 aromatic rings. The number of carbonyl (C=O) groups excluding carboxylic acids is 2. The predicted octanol–water partition coefficient (Wildman–Crippen LogP) is 2.16. The molecule has 2 aromatic carbocycles. The highest BCUT2D eigenvalue weighted by Gasteiger charge is 2.31. The zero-order valence-electron chi connectivity index (χ0n) is 15.7. The van der Waals surface area contributed by atoms with Crippen LogP contribution in [-0.4, -0.2) is 38.7 Å². The van der Waals surface area contributed by atoms with Gasteiger partial charge in [0.15, 0.2) is 6.61 Å². The third-order valence-corrected chi connectivity index (χ3v) is 5.76. The summed E-state index contributed by atoms with van der Waals surface area (Å²) in [6, 6.07) is 10.9. The van der Waals surface area contributed by atoms with Gasteiger partial charge in [0.1, 0.15) is 11.9 Å². The number of ketones is 1. The molecule has 8 heteroatoms. The van der Waals surface area contributed by atoms with Gasteiger partial charge in [-0.1, -0.05) is 29.8 Å². The highest BCUT2D eigenvalue weighted by atomic mass is 32.2. The maximum absolute atomic E-state index is 12.3. The standard InChI is InChI=1S/C20H20N2O5S/c1-12-8-9-13(2)16(10-12)17(23)11-27-20(24)14(3)21-19-15-6-4-5-7-18(15)28(25,26)22-19/h4-10,14H,11H2,1-3H3,(H,21,22)/t14-/m0/s1. The van der Waals surface area contributed by atoms with E-state index in [0.29, 0.717) is 11.1 Å². The van der Waals surface area contributed by atoms with Gasteiger partial charge in [-0.2, -0.15) is 0 Å². The van der Waals surface area contributed by atoms with Crippen LogP contribution in [0.15, 0.2) is 52.4 Å². The molecule has 0 aromatic heterocycles. The van der Waals surface area contributed by atoms with Crippen molar-refractivity contribution in [2.45, 2.75) is 31.7 Å². The van der Waals surface area contributed by atoms with Crippen molar-refractivity contribution in [3.63, 3.8) is 0 Å². The van der Waals surface area contributed by atoms with Gasteiger partial charge < -0.3 is 4.74 Å². The van der Waals surface area contributed by atoms with Crippen LogP contribution in [0.25, 0.3) is 0 Å². The summed E-state index contributed by atoms with van der Waals surface area (Å²) in [6.45, 7) is 4.77. The number of hydrogen-bond donors (Lipinski definition) is 1. The summed E-state index contributed by atoms with van der Waals surface area (Å²) in [5, 5.41) is 0. The molecule has 7 nitrogen and oxygen atoms in total. The first kappa shape index (κ1) is 19.8. The number of nitrogens with one attached hydrogen (secondary N) is 1. The van der Waals surface area contributed by atoms with Crippen molar-refractivity contribution in [1.29, 1.82) is 0 Å². The van der Waals surface area contributed by atoms with E-state index < -0.39 is 28.6 Å². The first-order chi connectivity index (χ1) is 13.2. The topological polar surface area (TPSA) is 102 Å². The van der Waals surface area contributed by atoms with Crippen LogP contribution in [0.4, 0.5) is 0 Å². The molecule has 146 valence electrons. The van der Waals surface area contributed by atoms with Crippen LogP contribution in [0.3, 0.4) is 0 Å². The fourth-order valence-electron chi connectivity index (χ4n) is 2.85. The molecule has 28 heavy (non-hydrogen) atoms. The number of ether oxygens (including phenoxy) is 1. The molecule has 0 unspecified atom stereocenters. The van der Waals surface area contributed by atoms with E-state index in [-0.39, 0.29) is 16.5 Å².